The zero-order valence-corrected chi connectivity index (χ0v) is 9.04. The number of hydrogen-bond acceptors (Lipinski definition) is 3. The molecule has 0 aliphatic heterocycles. The van der Waals surface area contributed by atoms with Crippen molar-refractivity contribution in [2.45, 2.75) is 6.92 Å². The van der Waals surface area contributed by atoms with E-state index < -0.39 is 0 Å². The Morgan fingerprint density at radius 1 is 1.33 bits per heavy atom. The minimum Gasteiger partial charge on any atom is -0.494 e. The number of rotatable bonds is 5. The molecule has 2 N–H and O–H groups in total. The van der Waals surface area contributed by atoms with Crippen molar-refractivity contribution in [2.75, 3.05) is 25.5 Å². The standard InChI is InChI=1S/C11H16N2O2/c1-3-15-10-6-4-9(5-7-10)13-11(14)8-12-2/h4-7,12H,3,8H2,1-2H3,(H,13,14). The number of carbonyl (C=O) groups is 1. The Bertz CT molecular complexity index is 309. The number of ether oxygens (including phenoxy) is 1. The monoisotopic (exact) mass is 208 g/mol. The molecule has 4 heteroatoms. The van der Waals surface area contributed by atoms with Crippen molar-refractivity contribution in [3.8, 4) is 5.75 Å². The van der Waals surface area contributed by atoms with Crippen LogP contribution < -0.4 is 15.4 Å². The van der Waals surface area contributed by atoms with Gasteiger partial charge in [-0.2, -0.15) is 0 Å². The van der Waals surface area contributed by atoms with Crippen molar-refractivity contribution in [3.05, 3.63) is 24.3 Å². The van der Waals surface area contributed by atoms with Gasteiger partial charge in [-0.3, -0.25) is 4.79 Å². The summed E-state index contributed by atoms with van der Waals surface area (Å²) in [5, 5.41) is 5.54. The average molecular weight is 208 g/mol. The van der Waals surface area contributed by atoms with Gasteiger partial charge in [-0.1, -0.05) is 0 Å². The molecule has 1 aromatic rings. The predicted octanol–water partition coefficient (Wildman–Crippen LogP) is 1.24. The maximum Gasteiger partial charge on any atom is 0.238 e. The van der Waals surface area contributed by atoms with Crippen molar-refractivity contribution >= 4 is 11.6 Å². The van der Waals surface area contributed by atoms with Crippen molar-refractivity contribution in [1.29, 1.82) is 0 Å². The van der Waals surface area contributed by atoms with Crippen LogP contribution in [0.4, 0.5) is 5.69 Å². The smallest absolute Gasteiger partial charge is 0.238 e. The predicted molar refractivity (Wildman–Crippen MR) is 60.2 cm³/mol. The molecule has 0 atom stereocenters. The Morgan fingerprint density at radius 3 is 2.53 bits per heavy atom. The average Bonchev–Trinajstić information content (AvgIpc) is 2.22. The third-order valence-corrected chi connectivity index (χ3v) is 1.79. The molecule has 4 nitrogen and oxygen atoms in total. The van der Waals surface area contributed by atoms with Crippen LogP contribution in [-0.2, 0) is 4.79 Å². The SMILES string of the molecule is CCOc1ccc(NC(=O)CNC)cc1. The highest BCUT2D eigenvalue weighted by Gasteiger charge is 2.00. The zero-order chi connectivity index (χ0) is 11.1. The molecule has 0 fully saturated rings. The second-order valence-electron chi connectivity index (χ2n) is 3.04. The van der Waals surface area contributed by atoms with Gasteiger partial charge in [0, 0.05) is 5.69 Å². The van der Waals surface area contributed by atoms with Crippen LogP contribution >= 0.6 is 0 Å². The molecule has 1 amide bonds. The molecule has 1 aromatic carbocycles. The van der Waals surface area contributed by atoms with Gasteiger partial charge in [0.05, 0.1) is 13.2 Å². The maximum atomic E-state index is 11.2. The molecular weight excluding hydrogens is 192 g/mol. The zero-order valence-electron chi connectivity index (χ0n) is 9.04. The van der Waals surface area contributed by atoms with Crippen LogP contribution in [0, 0.1) is 0 Å². The molecule has 0 saturated carbocycles. The third kappa shape index (κ3) is 3.99. The summed E-state index contributed by atoms with van der Waals surface area (Å²) in [6.07, 6.45) is 0. The quantitative estimate of drug-likeness (QED) is 0.765. The first-order chi connectivity index (χ1) is 7.26. The lowest BCUT2D eigenvalue weighted by atomic mass is 10.3. The number of hydrogen-bond donors (Lipinski definition) is 2. The summed E-state index contributed by atoms with van der Waals surface area (Å²) in [5.74, 6) is 0.755. The van der Waals surface area contributed by atoms with E-state index >= 15 is 0 Å². The van der Waals surface area contributed by atoms with Crippen LogP contribution in [0.25, 0.3) is 0 Å². The molecular formula is C11H16N2O2. The second-order valence-corrected chi connectivity index (χ2v) is 3.04. The van der Waals surface area contributed by atoms with Crippen LogP contribution in [0.2, 0.25) is 0 Å². The summed E-state index contributed by atoms with van der Waals surface area (Å²) in [6.45, 7) is 2.89. The highest BCUT2D eigenvalue weighted by molar-refractivity contribution is 5.92. The normalized spacial score (nSPS) is 9.73. The molecule has 0 bridgehead atoms. The maximum absolute atomic E-state index is 11.2. The van der Waals surface area contributed by atoms with Gasteiger partial charge in [-0.05, 0) is 38.2 Å². The molecule has 0 radical (unpaired) electrons. The molecule has 0 aliphatic rings. The highest BCUT2D eigenvalue weighted by atomic mass is 16.5. The van der Waals surface area contributed by atoms with Crippen LogP contribution in [0.1, 0.15) is 6.92 Å². The lowest BCUT2D eigenvalue weighted by Gasteiger charge is -2.06. The van der Waals surface area contributed by atoms with E-state index in [1.54, 1.807) is 7.05 Å². The summed E-state index contributed by atoms with van der Waals surface area (Å²) in [6, 6.07) is 7.30. The Morgan fingerprint density at radius 2 is 2.00 bits per heavy atom. The minimum atomic E-state index is -0.0540. The van der Waals surface area contributed by atoms with Crippen LogP contribution in [-0.4, -0.2) is 26.1 Å². The summed E-state index contributed by atoms with van der Waals surface area (Å²) < 4.78 is 5.29. The summed E-state index contributed by atoms with van der Waals surface area (Å²) in [5.41, 5.74) is 0.777. The Kier molecular flexibility index (Phi) is 4.63. The van der Waals surface area contributed by atoms with E-state index in [2.05, 4.69) is 10.6 Å². The van der Waals surface area contributed by atoms with E-state index in [1.807, 2.05) is 31.2 Å². The van der Waals surface area contributed by atoms with E-state index in [4.69, 9.17) is 4.74 Å². The van der Waals surface area contributed by atoms with E-state index in [1.165, 1.54) is 0 Å². The largest absolute Gasteiger partial charge is 0.494 e. The van der Waals surface area contributed by atoms with Gasteiger partial charge in [0.15, 0.2) is 0 Å². The molecule has 0 saturated heterocycles. The van der Waals surface area contributed by atoms with Gasteiger partial charge >= 0.3 is 0 Å². The van der Waals surface area contributed by atoms with Crippen LogP contribution in [0.15, 0.2) is 24.3 Å². The number of nitrogens with one attached hydrogen (secondary N) is 2. The molecule has 0 aromatic heterocycles. The van der Waals surface area contributed by atoms with Gasteiger partial charge < -0.3 is 15.4 Å². The lowest BCUT2D eigenvalue weighted by Crippen LogP contribution is -2.24. The summed E-state index contributed by atoms with van der Waals surface area (Å²) in [4.78, 5) is 11.2. The topological polar surface area (TPSA) is 50.4 Å². The molecule has 15 heavy (non-hydrogen) atoms. The first-order valence-corrected chi connectivity index (χ1v) is 4.93. The summed E-state index contributed by atoms with van der Waals surface area (Å²) in [7, 11) is 1.73. The van der Waals surface area contributed by atoms with Crippen molar-refractivity contribution < 1.29 is 9.53 Å². The first kappa shape index (κ1) is 11.5. The minimum absolute atomic E-state index is 0.0540. The van der Waals surface area contributed by atoms with Gasteiger partial charge in [0.1, 0.15) is 5.75 Å². The van der Waals surface area contributed by atoms with Gasteiger partial charge in [-0.25, -0.2) is 0 Å². The van der Waals surface area contributed by atoms with Crippen molar-refractivity contribution in [3.63, 3.8) is 0 Å². The second kappa shape index (κ2) is 6.03. The first-order valence-electron chi connectivity index (χ1n) is 4.93. The molecule has 0 unspecified atom stereocenters. The Labute approximate surface area is 89.6 Å². The fourth-order valence-corrected chi connectivity index (χ4v) is 1.17. The van der Waals surface area contributed by atoms with E-state index in [0.717, 1.165) is 11.4 Å². The number of benzene rings is 1. The van der Waals surface area contributed by atoms with E-state index in [0.29, 0.717) is 13.2 Å². The number of anilines is 1. The molecule has 82 valence electrons. The molecule has 1 rings (SSSR count). The van der Waals surface area contributed by atoms with E-state index in [-0.39, 0.29) is 5.91 Å². The number of likely N-dealkylation sites (N-methyl/N-ethyl adjacent to an activating group) is 1. The number of carbonyl (C=O) groups excluding carboxylic acids is 1. The van der Waals surface area contributed by atoms with Crippen molar-refractivity contribution in [1.82, 2.24) is 5.32 Å². The Hall–Kier alpha value is -1.55. The van der Waals surface area contributed by atoms with Crippen molar-refractivity contribution in [2.24, 2.45) is 0 Å². The molecule has 0 aliphatic carbocycles. The summed E-state index contributed by atoms with van der Waals surface area (Å²) >= 11 is 0. The fourth-order valence-electron chi connectivity index (χ4n) is 1.17. The lowest BCUT2D eigenvalue weighted by molar-refractivity contribution is -0.115. The Balaban J connectivity index is 2.52. The fraction of sp³-hybridized carbons (Fsp3) is 0.364. The number of amides is 1. The van der Waals surface area contributed by atoms with Crippen LogP contribution in [0.3, 0.4) is 0 Å². The molecule has 0 heterocycles. The van der Waals surface area contributed by atoms with Gasteiger partial charge in [0.2, 0.25) is 5.91 Å². The highest BCUT2D eigenvalue weighted by Crippen LogP contribution is 2.15. The van der Waals surface area contributed by atoms with Gasteiger partial charge in [-0.15, -0.1) is 0 Å². The molecule has 0 spiro atoms. The third-order valence-electron chi connectivity index (χ3n) is 1.79. The van der Waals surface area contributed by atoms with E-state index in [9.17, 15) is 4.79 Å². The van der Waals surface area contributed by atoms with Crippen LogP contribution in [0.5, 0.6) is 5.75 Å². The van der Waals surface area contributed by atoms with Gasteiger partial charge in [0.25, 0.3) is 0 Å².